The minimum Gasteiger partial charge on any atom is -0.457 e. The van der Waals surface area contributed by atoms with Crippen molar-refractivity contribution < 1.29 is 19.2 Å². The Kier molecular flexibility index (Phi) is 6.55. The average molecular weight is 469 g/mol. The van der Waals surface area contributed by atoms with E-state index in [0.717, 1.165) is 16.5 Å². The summed E-state index contributed by atoms with van der Waals surface area (Å²) in [5.74, 6) is -0.990. The van der Waals surface area contributed by atoms with Gasteiger partial charge in [0.1, 0.15) is 5.69 Å². The van der Waals surface area contributed by atoms with Crippen LogP contribution < -0.4 is 4.90 Å². The van der Waals surface area contributed by atoms with Crippen LogP contribution in [0.25, 0.3) is 5.13 Å². The summed E-state index contributed by atoms with van der Waals surface area (Å²) in [6, 6.07) is 8.39. The number of nitro benzene ring substituents is 1. The number of nitrogens with zero attached hydrogens (tertiary/aromatic N) is 4. The van der Waals surface area contributed by atoms with Gasteiger partial charge in [-0.3, -0.25) is 24.3 Å². The molecule has 4 rings (SSSR count). The molecule has 1 aliphatic heterocycles. The van der Waals surface area contributed by atoms with Crippen LogP contribution in [-0.2, 0) is 9.53 Å². The molecule has 172 valence electrons. The molecule has 0 bridgehead atoms. The zero-order chi connectivity index (χ0) is 23.5. The van der Waals surface area contributed by atoms with E-state index in [4.69, 9.17) is 4.74 Å². The summed E-state index contributed by atoms with van der Waals surface area (Å²) >= 11 is 1.48. The number of nitro groups is 1. The minimum atomic E-state index is -0.403. The topological polar surface area (TPSA) is 108 Å². The number of esters is 1. The Bertz CT molecular complexity index is 1180. The van der Waals surface area contributed by atoms with E-state index in [2.05, 4.69) is 4.98 Å². The zero-order valence-corrected chi connectivity index (χ0v) is 19.2. The summed E-state index contributed by atoms with van der Waals surface area (Å²) in [6.45, 7) is 4.45. The van der Waals surface area contributed by atoms with E-state index in [0.29, 0.717) is 37.2 Å². The summed E-state index contributed by atoms with van der Waals surface area (Å²) < 4.78 is 7.27. The molecule has 0 radical (unpaired) electrons. The molecule has 0 saturated carbocycles. The first-order chi connectivity index (χ1) is 15.9. The van der Waals surface area contributed by atoms with Crippen LogP contribution in [0.4, 0.5) is 11.4 Å². The van der Waals surface area contributed by atoms with Gasteiger partial charge in [-0.1, -0.05) is 12.1 Å². The SMILES string of the molecule is Cc1cc(C(=O)COC(=O)C2CCN(c3ccccc3[N+](=O)[O-])CC2)c(C)n1-c1nccs1. The van der Waals surface area contributed by atoms with Gasteiger partial charge in [0.2, 0.25) is 5.78 Å². The number of hydrogen-bond acceptors (Lipinski definition) is 8. The van der Waals surface area contributed by atoms with Gasteiger partial charge in [0.25, 0.3) is 5.69 Å². The maximum atomic E-state index is 12.7. The van der Waals surface area contributed by atoms with Crippen molar-refractivity contribution in [2.45, 2.75) is 26.7 Å². The van der Waals surface area contributed by atoms with Crippen LogP contribution in [0.5, 0.6) is 0 Å². The van der Waals surface area contributed by atoms with Crippen LogP contribution in [0.2, 0.25) is 0 Å². The van der Waals surface area contributed by atoms with Crippen LogP contribution in [-0.4, -0.2) is 45.9 Å². The monoisotopic (exact) mass is 468 g/mol. The smallest absolute Gasteiger partial charge is 0.309 e. The molecule has 0 atom stereocenters. The molecule has 0 amide bonds. The summed E-state index contributed by atoms with van der Waals surface area (Å²) in [5.41, 5.74) is 2.78. The zero-order valence-electron chi connectivity index (χ0n) is 18.4. The summed E-state index contributed by atoms with van der Waals surface area (Å²) in [6.07, 6.45) is 2.73. The Balaban J connectivity index is 1.34. The average Bonchev–Trinajstić information content (AvgIpc) is 3.44. The van der Waals surface area contributed by atoms with Crippen molar-refractivity contribution in [1.82, 2.24) is 9.55 Å². The quantitative estimate of drug-likeness (QED) is 0.222. The lowest BCUT2D eigenvalue weighted by Crippen LogP contribution is -2.37. The fraction of sp³-hybridized carbons (Fsp3) is 0.348. The Labute approximate surface area is 194 Å². The second-order valence-electron chi connectivity index (χ2n) is 7.97. The number of aromatic nitrogens is 2. The molecule has 3 aromatic rings. The van der Waals surface area contributed by atoms with Crippen LogP contribution in [0.1, 0.15) is 34.6 Å². The van der Waals surface area contributed by atoms with Crippen molar-refractivity contribution in [2.75, 3.05) is 24.6 Å². The molecule has 1 aliphatic rings. The van der Waals surface area contributed by atoms with Gasteiger partial charge in [-0.2, -0.15) is 0 Å². The second kappa shape index (κ2) is 9.53. The largest absolute Gasteiger partial charge is 0.457 e. The van der Waals surface area contributed by atoms with E-state index in [1.165, 1.54) is 17.4 Å². The molecule has 9 nitrogen and oxygen atoms in total. The standard InChI is InChI=1S/C23H24N4O5S/c1-15-13-18(16(2)26(15)23-24-9-12-33-23)21(28)14-32-22(29)17-7-10-25(11-8-17)19-5-3-4-6-20(19)27(30)31/h3-6,9,12-13,17H,7-8,10-11,14H2,1-2H3. The van der Waals surface area contributed by atoms with Gasteiger partial charge in [-0.25, -0.2) is 4.98 Å². The number of hydrogen-bond donors (Lipinski definition) is 0. The highest BCUT2D eigenvalue weighted by Gasteiger charge is 2.29. The number of rotatable bonds is 7. The van der Waals surface area contributed by atoms with Gasteiger partial charge in [0.15, 0.2) is 11.7 Å². The molecule has 33 heavy (non-hydrogen) atoms. The van der Waals surface area contributed by atoms with Crippen molar-refractivity contribution >= 4 is 34.5 Å². The maximum Gasteiger partial charge on any atom is 0.309 e. The number of anilines is 1. The van der Waals surface area contributed by atoms with Gasteiger partial charge in [0.05, 0.1) is 10.8 Å². The Morgan fingerprint density at radius 2 is 1.97 bits per heavy atom. The second-order valence-corrected chi connectivity index (χ2v) is 8.85. The molecule has 2 aromatic heterocycles. The van der Waals surface area contributed by atoms with Gasteiger partial charge in [-0.15, -0.1) is 11.3 Å². The van der Waals surface area contributed by atoms with E-state index < -0.39 is 10.9 Å². The third-order valence-corrected chi connectivity index (χ3v) is 6.69. The van der Waals surface area contributed by atoms with Gasteiger partial charge in [0, 0.05) is 47.7 Å². The molecule has 1 fully saturated rings. The molecule has 0 unspecified atom stereocenters. The number of para-hydroxylation sites is 2. The first-order valence-corrected chi connectivity index (χ1v) is 11.5. The third-order valence-electron chi connectivity index (χ3n) is 5.94. The molecule has 1 saturated heterocycles. The number of benzene rings is 1. The van der Waals surface area contributed by atoms with Crippen LogP contribution >= 0.6 is 11.3 Å². The van der Waals surface area contributed by atoms with Crippen LogP contribution in [0.15, 0.2) is 41.9 Å². The van der Waals surface area contributed by atoms with Crippen molar-refractivity contribution in [3.63, 3.8) is 0 Å². The lowest BCUT2D eigenvalue weighted by molar-refractivity contribution is -0.384. The van der Waals surface area contributed by atoms with E-state index in [1.807, 2.05) is 28.7 Å². The normalized spacial score (nSPS) is 14.3. The number of carbonyl (C=O) groups is 2. The van der Waals surface area contributed by atoms with E-state index in [9.17, 15) is 19.7 Å². The lowest BCUT2D eigenvalue weighted by atomic mass is 9.96. The highest BCUT2D eigenvalue weighted by atomic mass is 32.1. The first kappa shape index (κ1) is 22.7. The summed E-state index contributed by atoms with van der Waals surface area (Å²) in [7, 11) is 0. The Morgan fingerprint density at radius 3 is 2.64 bits per heavy atom. The van der Waals surface area contributed by atoms with Gasteiger partial charge >= 0.3 is 5.97 Å². The molecule has 0 spiro atoms. The molecule has 3 heterocycles. The predicted molar refractivity (Wildman–Crippen MR) is 124 cm³/mol. The predicted octanol–water partition coefficient (Wildman–Crippen LogP) is 4.10. The number of thiazole rings is 1. The first-order valence-electron chi connectivity index (χ1n) is 10.6. The van der Waals surface area contributed by atoms with E-state index in [-0.39, 0.29) is 24.0 Å². The summed E-state index contributed by atoms with van der Waals surface area (Å²) in [4.78, 5) is 42.4. The van der Waals surface area contributed by atoms with Crippen molar-refractivity contribution in [2.24, 2.45) is 5.92 Å². The minimum absolute atomic E-state index is 0.0551. The Morgan fingerprint density at radius 1 is 1.24 bits per heavy atom. The number of aryl methyl sites for hydroxylation is 1. The van der Waals surface area contributed by atoms with E-state index >= 15 is 0 Å². The number of carbonyl (C=O) groups excluding carboxylic acids is 2. The molecule has 0 N–H and O–H groups in total. The third kappa shape index (κ3) is 4.65. The molecule has 0 aliphatic carbocycles. The highest BCUT2D eigenvalue weighted by molar-refractivity contribution is 7.12. The lowest BCUT2D eigenvalue weighted by Gasteiger charge is -2.32. The van der Waals surface area contributed by atoms with Crippen molar-refractivity contribution in [1.29, 1.82) is 0 Å². The van der Waals surface area contributed by atoms with E-state index in [1.54, 1.807) is 30.5 Å². The molecule has 10 heteroatoms. The Hall–Kier alpha value is -3.53. The molecular weight excluding hydrogens is 444 g/mol. The van der Waals surface area contributed by atoms with Gasteiger partial charge in [-0.05, 0) is 38.8 Å². The summed E-state index contributed by atoms with van der Waals surface area (Å²) in [5, 5.41) is 13.9. The number of ketones is 1. The fourth-order valence-corrected chi connectivity index (χ4v) is 4.99. The number of piperidine rings is 1. The number of ether oxygens (including phenoxy) is 1. The van der Waals surface area contributed by atoms with Crippen LogP contribution in [0.3, 0.4) is 0 Å². The maximum absolute atomic E-state index is 12.7. The van der Waals surface area contributed by atoms with Crippen molar-refractivity contribution in [3.8, 4) is 5.13 Å². The number of Topliss-reactive ketones (excluding diaryl/α,β-unsaturated/α-hetero) is 1. The highest BCUT2D eigenvalue weighted by Crippen LogP contribution is 2.31. The van der Waals surface area contributed by atoms with Crippen LogP contribution in [0, 0.1) is 29.9 Å². The van der Waals surface area contributed by atoms with Gasteiger partial charge < -0.3 is 9.64 Å². The molecular formula is C23H24N4O5S. The van der Waals surface area contributed by atoms with Crippen molar-refractivity contribution in [3.05, 3.63) is 69.0 Å². The molecule has 1 aromatic carbocycles. The fourth-order valence-electron chi connectivity index (χ4n) is 4.24.